The van der Waals surface area contributed by atoms with Crippen LogP contribution in [0.3, 0.4) is 0 Å². The van der Waals surface area contributed by atoms with Gasteiger partial charge in [0.25, 0.3) is 0 Å². The first-order valence-corrected chi connectivity index (χ1v) is 7.69. The number of nitrogens with one attached hydrogen (secondary N) is 2. The summed E-state index contributed by atoms with van der Waals surface area (Å²) in [5.74, 6) is -0.772. The molecule has 0 aliphatic carbocycles. The molecule has 1 aromatic rings. The van der Waals surface area contributed by atoms with Crippen molar-refractivity contribution in [3.8, 4) is 0 Å². The maximum atomic E-state index is 13.8. The van der Waals surface area contributed by atoms with E-state index in [1.165, 1.54) is 11.0 Å². The van der Waals surface area contributed by atoms with E-state index >= 15 is 0 Å². The highest BCUT2D eigenvalue weighted by Crippen LogP contribution is 2.23. The van der Waals surface area contributed by atoms with Crippen molar-refractivity contribution in [2.24, 2.45) is 0 Å². The highest BCUT2D eigenvalue weighted by molar-refractivity contribution is 5.97. The molecule has 2 saturated heterocycles. The van der Waals surface area contributed by atoms with Gasteiger partial charge in [-0.2, -0.15) is 0 Å². The van der Waals surface area contributed by atoms with Crippen molar-refractivity contribution in [2.45, 2.75) is 38.0 Å². The molecule has 23 heavy (non-hydrogen) atoms. The number of piperazine rings is 1. The van der Waals surface area contributed by atoms with E-state index in [1.54, 1.807) is 12.1 Å². The third kappa shape index (κ3) is 3.07. The molecule has 2 aliphatic rings. The van der Waals surface area contributed by atoms with Gasteiger partial charge in [0.2, 0.25) is 11.8 Å². The molecule has 2 fully saturated rings. The van der Waals surface area contributed by atoms with Crippen LogP contribution in [0.1, 0.15) is 17.5 Å². The Morgan fingerprint density at radius 1 is 1.43 bits per heavy atom. The van der Waals surface area contributed by atoms with Crippen molar-refractivity contribution in [2.75, 3.05) is 13.2 Å². The lowest BCUT2D eigenvalue weighted by atomic mass is 10.1. The molecule has 3 rings (SSSR count). The minimum atomic E-state index is -0.855. The van der Waals surface area contributed by atoms with Crippen LogP contribution in [-0.2, 0) is 16.1 Å². The molecular weight excluding hydrogens is 301 g/mol. The van der Waals surface area contributed by atoms with Crippen LogP contribution >= 0.6 is 0 Å². The van der Waals surface area contributed by atoms with E-state index in [0.717, 1.165) is 5.56 Å². The Morgan fingerprint density at radius 2 is 2.22 bits per heavy atom. The Balaban J connectivity index is 1.64. The number of hydrogen-bond donors (Lipinski definition) is 3. The molecule has 2 heterocycles. The average Bonchev–Trinajstić information content (AvgIpc) is 2.97. The van der Waals surface area contributed by atoms with Gasteiger partial charge >= 0.3 is 0 Å². The summed E-state index contributed by atoms with van der Waals surface area (Å²) in [6.45, 7) is 2.23. The van der Waals surface area contributed by atoms with Crippen molar-refractivity contribution < 1.29 is 19.1 Å². The highest BCUT2D eigenvalue weighted by atomic mass is 19.1. The van der Waals surface area contributed by atoms with Crippen molar-refractivity contribution in [1.29, 1.82) is 0 Å². The van der Waals surface area contributed by atoms with Crippen LogP contribution in [0.25, 0.3) is 0 Å². The highest BCUT2D eigenvalue weighted by Gasteiger charge is 2.46. The first-order valence-electron chi connectivity index (χ1n) is 7.69. The topological polar surface area (TPSA) is 81.7 Å². The summed E-state index contributed by atoms with van der Waals surface area (Å²) >= 11 is 0. The minimum Gasteiger partial charge on any atom is -0.394 e. The van der Waals surface area contributed by atoms with Crippen LogP contribution < -0.4 is 10.6 Å². The Bertz CT molecular complexity index is 637. The van der Waals surface area contributed by atoms with Gasteiger partial charge in [0.15, 0.2) is 0 Å². The standard InChI is InChI=1S/C16H20FN3O3/c1-9-2-3-12(17)10(4-9)6-18-11-5-14-15(22)19-13(8-21)16(23)20(14)7-11/h2-4,11,13-14,18,21H,5-8H2,1H3,(H,19,22)/t11-,13-,14-/m0/s1. The van der Waals surface area contributed by atoms with Crippen molar-refractivity contribution in [3.05, 3.63) is 35.1 Å². The molecule has 2 aliphatic heterocycles. The van der Waals surface area contributed by atoms with Crippen molar-refractivity contribution in [3.63, 3.8) is 0 Å². The Labute approximate surface area is 133 Å². The minimum absolute atomic E-state index is 0.0768. The first kappa shape index (κ1) is 15.9. The molecule has 0 bridgehead atoms. The summed E-state index contributed by atoms with van der Waals surface area (Å²) in [6, 6.07) is 3.49. The lowest BCUT2D eigenvalue weighted by Crippen LogP contribution is -2.62. The van der Waals surface area contributed by atoms with Crippen molar-refractivity contribution in [1.82, 2.24) is 15.5 Å². The molecule has 3 N–H and O–H groups in total. The molecule has 2 amide bonds. The molecule has 7 heteroatoms. The number of carbonyl (C=O) groups is 2. The summed E-state index contributed by atoms with van der Waals surface area (Å²) in [7, 11) is 0. The number of aliphatic hydroxyl groups is 1. The van der Waals surface area contributed by atoms with Gasteiger partial charge in [0.05, 0.1) is 6.61 Å². The largest absolute Gasteiger partial charge is 0.394 e. The zero-order valence-electron chi connectivity index (χ0n) is 12.9. The van der Waals surface area contributed by atoms with Crippen LogP contribution in [0.5, 0.6) is 0 Å². The zero-order valence-corrected chi connectivity index (χ0v) is 12.9. The zero-order chi connectivity index (χ0) is 16.6. The monoisotopic (exact) mass is 321 g/mol. The molecule has 0 radical (unpaired) electrons. The third-order valence-corrected chi connectivity index (χ3v) is 4.47. The predicted molar refractivity (Wildman–Crippen MR) is 80.9 cm³/mol. The number of halogens is 1. The normalized spacial score (nSPS) is 27.1. The van der Waals surface area contributed by atoms with E-state index < -0.39 is 18.7 Å². The van der Waals surface area contributed by atoms with Gasteiger partial charge in [-0.15, -0.1) is 0 Å². The first-order chi connectivity index (χ1) is 11.0. The number of rotatable bonds is 4. The average molecular weight is 321 g/mol. The van der Waals surface area contributed by atoms with Crippen LogP contribution in [-0.4, -0.2) is 53.1 Å². The van der Waals surface area contributed by atoms with Gasteiger partial charge in [-0.1, -0.05) is 17.7 Å². The predicted octanol–water partition coefficient (Wildman–Crippen LogP) is -0.316. The number of fused-ring (bicyclic) bond motifs is 1. The molecule has 0 saturated carbocycles. The Morgan fingerprint density at radius 3 is 2.96 bits per heavy atom. The van der Waals surface area contributed by atoms with E-state index in [4.69, 9.17) is 5.11 Å². The maximum Gasteiger partial charge on any atom is 0.248 e. The summed E-state index contributed by atoms with van der Waals surface area (Å²) in [5, 5.41) is 14.9. The smallest absolute Gasteiger partial charge is 0.248 e. The number of amides is 2. The van der Waals surface area contributed by atoms with Gasteiger partial charge in [0, 0.05) is 24.7 Å². The summed E-state index contributed by atoms with van der Waals surface area (Å²) in [4.78, 5) is 25.7. The Hall–Kier alpha value is -1.99. The number of aliphatic hydroxyl groups excluding tert-OH is 1. The van der Waals surface area contributed by atoms with Gasteiger partial charge < -0.3 is 20.6 Å². The lowest BCUT2D eigenvalue weighted by molar-refractivity contribution is -0.148. The van der Waals surface area contributed by atoms with Crippen LogP contribution in [0, 0.1) is 12.7 Å². The van der Waals surface area contributed by atoms with E-state index in [2.05, 4.69) is 10.6 Å². The Kier molecular flexibility index (Phi) is 4.32. The van der Waals surface area contributed by atoms with Gasteiger partial charge in [-0.05, 0) is 19.4 Å². The fraction of sp³-hybridized carbons (Fsp3) is 0.500. The number of carbonyl (C=O) groups excluding carboxylic acids is 2. The summed E-state index contributed by atoms with van der Waals surface area (Å²) < 4.78 is 13.8. The second-order valence-electron chi connectivity index (χ2n) is 6.16. The molecule has 124 valence electrons. The third-order valence-electron chi connectivity index (χ3n) is 4.47. The van der Waals surface area contributed by atoms with E-state index in [9.17, 15) is 14.0 Å². The van der Waals surface area contributed by atoms with E-state index in [0.29, 0.717) is 25.1 Å². The van der Waals surface area contributed by atoms with E-state index in [-0.39, 0.29) is 23.7 Å². The summed E-state index contributed by atoms with van der Waals surface area (Å²) in [6.07, 6.45) is 0.489. The lowest BCUT2D eigenvalue weighted by Gasteiger charge is -2.33. The molecule has 0 spiro atoms. The van der Waals surface area contributed by atoms with Crippen LogP contribution in [0.4, 0.5) is 4.39 Å². The number of aryl methyl sites for hydroxylation is 1. The second-order valence-corrected chi connectivity index (χ2v) is 6.16. The van der Waals surface area contributed by atoms with Crippen molar-refractivity contribution >= 4 is 11.8 Å². The number of hydrogen-bond acceptors (Lipinski definition) is 4. The molecular formula is C16H20FN3O3. The fourth-order valence-corrected chi connectivity index (χ4v) is 3.22. The van der Waals surface area contributed by atoms with E-state index in [1.807, 2.05) is 6.92 Å². The van der Waals surface area contributed by atoms with Crippen LogP contribution in [0.15, 0.2) is 18.2 Å². The van der Waals surface area contributed by atoms with Crippen LogP contribution in [0.2, 0.25) is 0 Å². The molecule has 0 unspecified atom stereocenters. The second kappa shape index (κ2) is 6.25. The fourth-order valence-electron chi connectivity index (χ4n) is 3.22. The summed E-state index contributed by atoms with van der Waals surface area (Å²) in [5.41, 5.74) is 1.55. The SMILES string of the molecule is Cc1ccc(F)c(CN[C@H]2C[C@H]3C(=O)N[C@@H](CO)C(=O)N3C2)c1. The number of nitrogens with zero attached hydrogens (tertiary/aromatic N) is 1. The molecule has 0 aromatic heterocycles. The number of benzene rings is 1. The maximum absolute atomic E-state index is 13.8. The van der Waals surface area contributed by atoms with Gasteiger partial charge in [0.1, 0.15) is 17.9 Å². The molecule has 3 atom stereocenters. The van der Waals surface area contributed by atoms with Gasteiger partial charge in [-0.3, -0.25) is 9.59 Å². The molecule has 1 aromatic carbocycles. The van der Waals surface area contributed by atoms with Gasteiger partial charge in [-0.25, -0.2) is 4.39 Å². The quantitative estimate of drug-likeness (QED) is 0.710. The molecule has 6 nitrogen and oxygen atoms in total.